The van der Waals surface area contributed by atoms with Crippen LogP contribution in [0.2, 0.25) is 0 Å². The average Bonchev–Trinajstić information content (AvgIpc) is 3.12. The summed E-state index contributed by atoms with van der Waals surface area (Å²) in [5.41, 5.74) is 5.25. The van der Waals surface area contributed by atoms with Gasteiger partial charge in [-0.1, -0.05) is 6.42 Å². The SMILES string of the molecule is NC(=O)c1ccc(NC(=O)N2C[C@@H]3CN4CCCC[C@@H]4[C@@H]3C2)cc1F. The molecule has 3 aliphatic rings. The van der Waals surface area contributed by atoms with E-state index in [0.717, 1.165) is 25.7 Å². The maximum atomic E-state index is 13.8. The molecule has 0 saturated carbocycles. The van der Waals surface area contributed by atoms with Gasteiger partial charge in [0.1, 0.15) is 5.82 Å². The molecule has 0 spiro atoms. The summed E-state index contributed by atoms with van der Waals surface area (Å²) in [5.74, 6) is -0.441. The van der Waals surface area contributed by atoms with E-state index < -0.39 is 11.7 Å². The Balaban J connectivity index is 1.40. The number of nitrogens with two attached hydrogens (primary N) is 1. The van der Waals surface area contributed by atoms with Gasteiger partial charge in [0.15, 0.2) is 0 Å². The van der Waals surface area contributed by atoms with Gasteiger partial charge in [0.25, 0.3) is 5.91 Å². The van der Waals surface area contributed by atoms with Crippen molar-refractivity contribution >= 4 is 17.6 Å². The van der Waals surface area contributed by atoms with Crippen LogP contribution >= 0.6 is 0 Å². The van der Waals surface area contributed by atoms with Crippen LogP contribution in [0.3, 0.4) is 0 Å². The first-order valence-corrected chi connectivity index (χ1v) is 8.92. The van der Waals surface area contributed by atoms with Crippen LogP contribution in [-0.2, 0) is 0 Å². The Bertz CT molecular complexity index is 710. The van der Waals surface area contributed by atoms with Crippen LogP contribution in [0.1, 0.15) is 29.6 Å². The number of likely N-dealkylation sites (tertiary alicyclic amines) is 1. The second-order valence-electron chi connectivity index (χ2n) is 7.38. The number of nitrogens with one attached hydrogen (secondary N) is 1. The zero-order chi connectivity index (χ0) is 17.6. The van der Waals surface area contributed by atoms with Crippen LogP contribution in [0.4, 0.5) is 14.9 Å². The first-order chi connectivity index (χ1) is 12.0. The van der Waals surface area contributed by atoms with Gasteiger partial charge in [0, 0.05) is 31.4 Å². The van der Waals surface area contributed by atoms with Gasteiger partial charge in [-0.2, -0.15) is 0 Å². The lowest BCUT2D eigenvalue weighted by Gasteiger charge is -2.33. The summed E-state index contributed by atoms with van der Waals surface area (Å²) in [6, 6.07) is 4.34. The molecule has 1 aromatic rings. The smallest absolute Gasteiger partial charge is 0.321 e. The van der Waals surface area contributed by atoms with E-state index in [1.807, 2.05) is 4.90 Å². The van der Waals surface area contributed by atoms with Crippen molar-refractivity contribution in [2.75, 3.05) is 31.5 Å². The Hall–Kier alpha value is -2.15. The van der Waals surface area contributed by atoms with Crippen molar-refractivity contribution in [3.63, 3.8) is 0 Å². The lowest BCUT2D eigenvalue weighted by atomic mass is 9.90. The maximum Gasteiger partial charge on any atom is 0.321 e. The summed E-state index contributed by atoms with van der Waals surface area (Å²) in [4.78, 5) is 28.0. The van der Waals surface area contributed by atoms with E-state index in [2.05, 4.69) is 10.2 Å². The lowest BCUT2D eigenvalue weighted by molar-refractivity contribution is 0.0996. The second-order valence-corrected chi connectivity index (χ2v) is 7.38. The van der Waals surface area contributed by atoms with Crippen LogP contribution < -0.4 is 11.1 Å². The largest absolute Gasteiger partial charge is 0.366 e. The number of amides is 3. The molecule has 0 aliphatic carbocycles. The van der Waals surface area contributed by atoms with Gasteiger partial charge < -0.3 is 16.0 Å². The van der Waals surface area contributed by atoms with Crippen LogP contribution in [0.25, 0.3) is 0 Å². The van der Waals surface area contributed by atoms with Gasteiger partial charge in [-0.15, -0.1) is 0 Å². The van der Waals surface area contributed by atoms with Crippen molar-refractivity contribution in [2.45, 2.75) is 25.3 Å². The third-order valence-corrected chi connectivity index (χ3v) is 5.89. The number of piperidine rings is 1. The number of hydrogen-bond donors (Lipinski definition) is 2. The van der Waals surface area contributed by atoms with Crippen LogP contribution in [0.15, 0.2) is 18.2 Å². The van der Waals surface area contributed by atoms with E-state index in [9.17, 15) is 14.0 Å². The van der Waals surface area contributed by atoms with Gasteiger partial charge in [0.2, 0.25) is 0 Å². The predicted octanol–water partition coefficient (Wildman–Crippen LogP) is 1.87. The number of hydrogen-bond acceptors (Lipinski definition) is 3. The first-order valence-electron chi connectivity index (χ1n) is 8.92. The van der Waals surface area contributed by atoms with Crippen molar-refractivity contribution in [3.05, 3.63) is 29.6 Å². The molecular formula is C18H23FN4O2. The number of nitrogens with zero attached hydrogens (tertiary/aromatic N) is 2. The van der Waals surface area contributed by atoms with Crippen molar-refractivity contribution in [2.24, 2.45) is 17.6 Å². The van der Waals surface area contributed by atoms with Gasteiger partial charge in [0.05, 0.1) is 5.56 Å². The molecule has 3 amide bonds. The Labute approximate surface area is 146 Å². The molecule has 134 valence electrons. The van der Waals surface area contributed by atoms with Crippen LogP contribution in [-0.4, -0.2) is 54.0 Å². The van der Waals surface area contributed by atoms with E-state index in [1.165, 1.54) is 37.9 Å². The number of rotatable bonds is 2. The van der Waals surface area contributed by atoms with E-state index in [0.29, 0.717) is 23.6 Å². The molecule has 6 nitrogen and oxygen atoms in total. The molecule has 3 aliphatic heterocycles. The fourth-order valence-electron chi connectivity index (χ4n) is 4.72. The van der Waals surface area contributed by atoms with Crippen molar-refractivity contribution in [1.29, 1.82) is 0 Å². The number of benzene rings is 1. The zero-order valence-corrected chi connectivity index (χ0v) is 14.1. The normalized spacial score (nSPS) is 28.5. The summed E-state index contributed by atoms with van der Waals surface area (Å²) in [6.07, 6.45) is 3.80. The van der Waals surface area contributed by atoms with Crippen molar-refractivity contribution in [3.8, 4) is 0 Å². The molecule has 1 aromatic carbocycles. The molecule has 0 aromatic heterocycles. The van der Waals surface area contributed by atoms with Crippen LogP contribution in [0, 0.1) is 17.7 Å². The number of primary amides is 1. The molecular weight excluding hydrogens is 323 g/mol. The summed E-state index contributed by atoms with van der Waals surface area (Å²) in [6.45, 7) is 3.79. The average molecular weight is 346 g/mol. The number of carbonyl (C=O) groups is 2. The first kappa shape index (κ1) is 16.3. The molecule has 4 rings (SSSR count). The minimum atomic E-state index is -0.820. The molecule has 25 heavy (non-hydrogen) atoms. The van der Waals surface area contributed by atoms with E-state index >= 15 is 0 Å². The van der Waals surface area contributed by atoms with E-state index in [-0.39, 0.29) is 11.6 Å². The number of carbonyl (C=O) groups excluding carboxylic acids is 2. The molecule has 0 radical (unpaired) electrons. The predicted molar refractivity (Wildman–Crippen MR) is 91.7 cm³/mol. The molecule has 3 N–H and O–H groups in total. The van der Waals surface area contributed by atoms with Crippen LogP contribution in [0.5, 0.6) is 0 Å². The maximum absolute atomic E-state index is 13.8. The third kappa shape index (κ3) is 2.97. The monoisotopic (exact) mass is 346 g/mol. The molecule has 0 unspecified atom stereocenters. The number of fused-ring (bicyclic) bond motifs is 3. The fourth-order valence-corrected chi connectivity index (χ4v) is 4.72. The van der Waals surface area contributed by atoms with Gasteiger partial charge >= 0.3 is 6.03 Å². The summed E-state index contributed by atoms with van der Waals surface area (Å²) < 4.78 is 13.8. The highest BCUT2D eigenvalue weighted by molar-refractivity contribution is 5.94. The molecule has 3 atom stereocenters. The number of anilines is 1. The summed E-state index contributed by atoms with van der Waals surface area (Å²) in [5, 5.41) is 2.73. The lowest BCUT2D eigenvalue weighted by Crippen LogP contribution is -2.41. The minimum Gasteiger partial charge on any atom is -0.366 e. The molecule has 0 bridgehead atoms. The van der Waals surface area contributed by atoms with Gasteiger partial charge in [-0.3, -0.25) is 9.69 Å². The highest BCUT2D eigenvalue weighted by Gasteiger charge is 2.48. The van der Waals surface area contributed by atoms with Crippen molar-refractivity contribution in [1.82, 2.24) is 9.80 Å². The zero-order valence-electron chi connectivity index (χ0n) is 14.1. The highest BCUT2D eigenvalue weighted by atomic mass is 19.1. The topological polar surface area (TPSA) is 78.7 Å². The van der Waals surface area contributed by atoms with E-state index in [1.54, 1.807) is 0 Å². The summed E-state index contributed by atoms with van der Waals surface area (Å²) in [7, 11) is 0. The number of halogens is 1. The molecule has 3 heterocycles. The highest BCUT2D eigenvalue weighted by Crippen LogP contribution is 2.40. The van der Waals surface area contributed by atoms with Gasteiger partial charge in [-0.25, -0.2) is 9.18 Å². The second kappa shape index (κ2) is 6.29. The third-order valence-electron chi connectivity index (χ3n) is 5.89. The molecule has 3 saturated heterocycles. The molecule has 3 fully saturated rings. The Kier molecular flexibility index (Phi) is 4.11. The fraction of sp³-hybridized carbons (Fsp3) is 0.556. The minimum absolute atomic E-state index is 0.175. The van der Waals surface area contributed by atoms with Gasteiger partial charge in [-0.05, 0) is 49.4 Å². The standard InChI is InChI=1S/C18H23FN4O2/c19-15-7-12(4-5-13(15)17(20)24)21-18(25)23-9-11-8-22-6-2-1-3-16(22)14(11)10-23/h4-5,7,11,14,16H,1-3,6,8-10H2,(H2,20,24)(H,21,25)/t11-,14+,16+/m0/s1. The van der Waals surface area contributed by atoms with E-state index in [4.69, 9.17) is 5.73 Å². The Morgan fingerprint density at radius 3 is 2.80 bits per heavy atom. The summed E-state index contributed by atoms with van der Waals surface area (Å²) >= 11 is 0. The Morgan fingerprint density at radius 1 is 1.20 bits per heavy atom. The number of urea groups is 1. The Morgan fingerprint density at radius 2 is 2.04 bits per heavy atom. The van der Waals surface area contributed by atoms with Crippen molar-refractivity contribution < 1.29 is 14.0 Å². The molecule has 7 heteroatoms. The quantitative estimate of drug-likeness (QED) is 0.858.